The molecule has 1 heterocycles. The van der Waals surface area contributed by atoms with Crippen molar-refractivity contribution in [3.8, 4) is 5.75 Å². The molecule has 1 amide bonds. The molecule has 20 heavy (non-hydrogen) atoms. The average molecular weight is 276 g/mol. The lowest BCUT2D eigenvalue weighted by Gasteiger charge is -2.03. The van der Waals surface area contributed by atoms with E-state index in [1.54, 1.807) is 24.3 Å². The fourth-order valence-electron chi connectivity index (χ4n) is 1.53. The van der Waals surface area contributed by atoms with Gasteiger partial charge in [0.2, 0.25) is 0 Å². The molecule has 7 heteroatoms. The molecule has 2 aromatic rings. The SMILES string of the molecule is COc1cccc(C(=O)Nc2nc(CC(=O)O)co2)c1. The summed E-state index contributed by atoms with van der Waals surface area (Å²) in [4.78, 5) is 26.3. The molecule has 0 fully saturated rings. The van der Waals surface area contributed by atoms with E-state index in [4.69, 9.17) is 14.3 Å². The molecule has 0 aliphatic heterocycles. The summed E-state index contributed by atoms with van der Waals surface area (Å²) in [6.45, 7) is 0. The number of nitrogens with zero attached hydrogens (tertiary/aromatic N) is 1. The number of amides is 1. The van der Waals surface area contributed by atoms with Crippen molar-refractivity contribution in [2.45, 2.75) is 6.42 Å². The lowest BCUT2D eigenvalue weighted by atomic mass is 10.2. The third-order valence-corrected chi connectivity index (χ3v) is 2.44. The van der Waals surface area contributed by atoms with Crippen LogP contribution in [0.1, 0.15) is 16.1 Å². The highest BCUT2D eigenvalue weighted by Gasteiger charge is 2.12. The maximum absolute atomic E-state index is 11.9. The van der Waals surface area contributed by atoms with Crippen LogP contribution in [0, 0.1) is 0 Å². The number of carboxylic acids is 1. The van der Waals surface area contributed by atoms with Crippen molar-refractivity contribution >= 4 is 17.9 Å². The summed E-state index contributed by atoms with van der Waals surface area (Å²) in [5, 5.41) is 11.0. The Morgan fingerprint density at radius 1 is 1.45 bits per heavy atom. The number of nitrogens with one attached hydrogen (secondary N) is 1. The van der Waals surface area contributed by atoms with Crippen molar-refractivity contribution in [2.75, 3.05) is 12.4 Å². The molecular formula is C13H12N2O5. The maximum atomic E-state index is 11.9. The third-order valence-electron chi connectivity index (χ3n) is 2.44. The molecule has 2 N–H and O–H groups in total. The molecule has 7 nitrogen and oxygen atoms in total. The Kier molecular flexibility index (Phi) is 3.99. The van der Waals surface area contributed by atoms with Gasteiger partial charge in [-0.25, -0.2) is 0 Å². The Balaban J connectivity index is 2.07. The van der Waals surface area contributed by atoms with E-state index in [-0.39, 0.29) is 18.1 Å². The van der Waals surface area contributed by atoms with E-state index in [2.05, 4.69) is 10.3 Å². The normalized spacial score (nSPS) is 10.1. The first-order chi connectivity index (χ1) is 9.58. The van der Waals surface area contributed by atoms with E-state index in [1.807, 2.05) is 0 Å². The van der Waals surface area contributed by atoms with Gasteiger partial charge in [-0.3, -0.25) is 14.9 Å². The van der Waals surface area contributed by atoms with E-state index in [0.29, 0.717) is 11.3 Å². The number of anilines is 1. The number of carboxylic acid groups (broad SMARTS) is 1. The molecule has 0 aliphatic carbocycles. The minimum Gasteiger partial charge on any atom is -0.497 e. The Morgan fingerprint density at radius 3 is 2.95 bits per heavy atom. The average Bonchev–Trinajstić information content (AvgIpc) is 2.85. The number of rotatable bonds is 5. The summed E-state index contributed by atoms with van der Waals surface area (Å²) in [6, 6.07) is 6.52. The second-order valence-electron chi connectivity index (χ2n) is 3.90. The van der Waals surface area contributed by atoms with Gasteiger partial charge in [0.25, 0.3) is 5.91 Å². The van der Waals surface area contributed by atoms with Crippen LogP contribution in [0.15, 0.2) is 34.9 Å². The predicted octanol–water partition coefficient (Wildman–Crippen LogP) is 1.56. The molecule has 104 valence electrons. The highest BCUT2D eigenvalue weighted by Crippen LogP contribution is 2.15. The van der Waals surface area contributed by atoms with Gasteiger partial charge >= 0.3 is 12.0 Å². The first kappa shape index (κ1) is 13.6. The first-order valence-corrected chi connectivity index (χ1v) is 5.70. The quantitative estimate of drug-likeness (QED) is 0.859. The number of aromatic nitrogens is 1. The molecule has 0 atom stereocenters. The summed E-state index contributed by atoms with van der Waals surface area (Å²) < 4.78 is 10.00. The summed E-state index contributed by atoms with van der Waals surface area (Å²) in [5.74, 6) is -0.895. The second kappa shape index (κ2) is 5.87. The number of ether oxygens (including phenoxy) is 1. The van der Waals surface area contributed by atoms with Crippen molar-refractivity contribution < 1.29 is 23.8 Å². The number of aliphatic carboxylic acids is 1. The smallest absolute Gasteiger partial charge is 0.309 e. The largest absolute Gasteiger partial charge is 0.497 e. The van der Waals surface area contributed by atoms with Gasteiger partial charge in [-0.2, -0.15) is 4.98 Å². The molecule has 0 aliphatic rings. The van der Waals surface area contributed by atoms with E-state index in [9.17, 15) is 9.59 Å². The van der Waals surface area contributed by atoms with Crippen LogP contribution in [0.25, 0.3) is 0 Å². The van der Waals surface area contributed by atoms with Crippen LogP contribution in [-0.2, 0) is 11.2 Å². The van der Waals surface area contributed by atoms with E-state index >= 15 is 0 Å². The molecule has 2 rings (SSSR count). The van der Waals surface area contributed by atoms with Gasteiger partial charge in [-0.05, 0) is 18.2 Å². The van der Waals surface area contributed by atoms with E-state index in [0.717, 1.165) is 0 Å². The van der Waals surface area contributed by atoms with Crippen LogP contribution in [0.4, 0.5) is 6.01 Å². The number of carbonyl (C=O) groups is 2. The van der Waals surface area contributed by atoms with Gasteiger partial charge in [0.1, 0.15) is 12.0 Å². The Labute approximate surface area is 114 Å². The maximum Gasteiger partial charge on any atom is 0.309 e. The molecule has 0 saturated heterocycles. The molecule has 0 spiro atoms. The van der Waals surface area contributed by atoms with Crippen molar-refractivity contribution in [1.82, 2.24) is 4.98 Å². The number of benzene rings is 1. The molecule has 1 aromatic heterocycles. The topological polar surface area (TPSA) is 102 Å². The molecule has 0 saturated carbocycles. The lowest BCUT2D eigenvalue weighted by Crippen LogP contribution is -2.12. The number of carbonyl (C=O) groups excluding carboxylic acids is 1. The zero-order valence-corrected chi connectivity index (χ0v) is 10.6. The fourth-order valence-corrected chi connectivity index (χ4v) is 1.53. The minimum absolute atomic E-state index is 0.0472. The van der Waals surface area contributed by atoms with E-state index < -0.39 is 11.9 Å². The monoisotopic (exact) mass is 276 g/mol. The summed E-state index contributed by atoms with van der Waals surface area (Å²) in [6.07, 6.45) is 0.924. The summed E-state index contributed by atoms with van der Waals surface area (Å²) >= 11 is 0. The Hall–Kier alpha value is -2.83. The summed E-state index contributed by atoms with van der Waals surface area (Å²) in [5.41, 5.74) is 0.612. The van der Waals surface area contributed by atoms with Crippen LogP contribution in [0.5, 0.6) is 5.75 Å². The second-order valence-corrected chi connectivity index (χ2v) is 3.90. The zero-order chi connectivity index (χ0) is 14.5. The van der Waals surface area contributed by atoms with Crippen LogP contribution < -0.4 is 10.1 Å². The zero-order valence-electron chi connectivity index (χ0n) is 10.6. The van der Waals surface area contributed by atoms with Gasteiger partial charge in [-0.15, -0.1) is 0 Å². The number of methoxy groups -OCH3 is 1. The van der Waals surface area contributed by atoms with Crippen molar-refractivity contribution in [1.29, 1.82) is 0 Å². The van der Waals surface area contributed by atoms with Crippen molar-refractivity contribution in [3.05, 3.63) is 41.8 Å². The molecule has 0 bridgehead atoms. The standard InChI is InChI=1S/C13H12N2O5/c1-19-10-4-2-3-8(5-10)12(18)15-13-14-9(7-20-13)6-11(16)17/h2-5,7H,6H2,1H3,(H,16,17)(H,14,15,18). The van der Waals surface area contributed by atoms with Crippen molar-refractivity contribution in [3.63, 3.8) is 0 Å². The molecule has 0 radical (unpaired) electrons. The highest BCUT2D eigenvalue weighted by molar-refractivity contribution is 6.03. The fraction of sp³-hybridized carbons (Fsp3) is 0.154. The molecule has 1 aromatic carbocycles. The van der Waals surface area contributed by atoms with E-state index in [1.165, 1.54) is 13.4 Å². The van der Waals surface area contributed by atoms with Crippen molar-refractivity contribution in [2.24, 2.45) is 0 Å². The minimum atomic E-state index is -1.02. The number of oxazole rings is 1. The van der Waals surface area contributed by atoms with Crippen LogP contribution >= 0.6 is 0 Å². The highest BCUT2D eigenvalue weighted by atomic mass is 16.5. The third kappa shape index (κ3) is 3.35. The van der Waals surface area contributed by atoms with Gasteiger partial charge in [-0.1, -0.05) is 6.07 Å². The van der Waals surface area contributed by atoms with Gasteiger partial charge in [0.05, 0.1) is 19.2 Å². The van der Waals surface area contributed by atoms with Gasteiger partial charge in [0, 0.05) is 5.56 Å². The Morgan fingerprint density at radius 2 is 2.25 bits per heavy atom. The Bertz CT molecular complexity index is 635. The van der Waals surface area contributed by atoms with Crippen LogP contribution in [0.2, 0.25) is 0 Å². The number of hydrogen-bond acceptors (Lipinski definition) is 5. The van der Waals surface area contributed by atoms with Crippen LogP contribution in [-0.4, -0.2) is 29.1 Å². The lowest BCUT2D eigenvalue weighted by molar-refractivity contribution is -0.136. The number of hydrogen-bond donors (Lipinski definition) is 2. The van der Waals surface area contributed by atoms with Crippen LogP contribution in [0.3, 0.4) is 0 Å². The molecular weight excluding hydrogens is 264 g/mol. The first-order valence-electron chi connectivity index (χ1n) is 5.70. The predicted molar refractivity (Wildman–Crippen MR) is 68.8 cm³/mol. The molecule has 0 unspecified atom stereocenters. The summed E-state index contributed by atoms with van der Waals surface area (Å²) in [7, 11) is 1.50. The van der Waals surface area contributed by atoms with Gasteiger partial charge in [0.15, 0.2) is 0 Å². The van der Waals surface area contributed by atoms with Gasteiger partial charge < -0.3 is 14.3 Å².